The van der Waals surface area contributed by atoms with E-state index in [1.54, 1.807) is 12.3 Å². The van der Waals surface area contributed by atoms with Gasteiger partial charge in [-0.3, -0.25) is 4.79 Å². The highest BCUT2D eigenvalue weighted by Crippen LogP contribution is 2.30. The third-order valence-electron chi connectivity index (χ3n) is 5.64. The summed E-state index contributed by atoms with van der Waals surface area (Å²) in [6, 6.07) is 19.0. The molecule has 3 aromatic heterocycles. The number of hydrogen-bond acceptors (Lipinski definition) is 7. The molecule has 0 bridgehead atoms. The van der Waals surface area contributed by atoms with E-state index < -0.39 is 0 Å². The fraction of sp³-hybridized carbons (Fsp3) is 0.208. The number of aromatic nitrogens is 2. The highest BCUT2D eigenvalue weighted by molar-refractivity contribution is 5.87. The van der Waals surface area contributed by atoms with Crippen molar-refractivity contribution < 1.29 is 4.42 Å². The van der Waals surface area contributed by atoms with Gasteiger partial charge in [-0.1, -0.05) is 24.3 Å². The van der Waals surface area contributed by atoms with Crippen LogP contribution in [0, 0.1) is 0 Å². The van der Waals surface area contributed by atoms with E-state index in [0.717, 1.165) is 37.7 Å². The lowest BCUT2D eigenvalue weighted by atomic mass is 10.2. The van der Waals surface area contributed by atoms with Gasteiger partial charge in [0.1, 0.15) is 5.82 Å². The van der Waals surface area contributed by atoms with E-state index in [2.05, 4.69) is 19.8 Å². The lowest BCUT2D eigenvalue weighted by Crippen LogP contribution is -2.47. The molecule has 1 saturated heterocycles. The van der Waals surface area contributed by atoms with Crippen molar-refractivity contribution in [1.82, 2.24) is 9.97 Å². The molecule has 156 valence electrons. The standard InChI is InChI=1S/C24H23N5O2/c1-27(18-7-3-2-4-8-18)22-17-20(30)19-10-12-26-24(23(19)31-22)29-15-13-28(14-16-29)21-9-5-6-11-25-21/h2-12,17H,13-16H2,1H3. The predicted octanol–water partition coefficient (Wildman–Crippen LogP) is 3.68. The van der Waals surface area contributed by atoms with Gasteiger partial charge in [0.2, 0.25) is 5.88 Å². The number of hydrogen-bond donors (Lipinski definition) is 0. The molecule has 0 radical (unpaired) electrons. The topological polar surface area (TPSA) is 65.7 Å². The molecule has 1 fully saturated rings. The average molecular weight is 413 g/mol. The maximum absolute atomic E-state index is 12.9. The lowest BCUT2D eigenvalue weighted by Gasteiger charge is -2.36. The molecular weight excluding hydrogens is 390 g/mol. The van der Waals surface area contributed by atoms with Crippen LogP contribution < -0.4 is 20.1 Å². The summed E-state index contributed by atoms with van der Waals surface area (Å²) in [7, 11) is 1.89. The molecule has 0 unspecified atom stereocenters. The number of piperazine rings is 1. The van der Waals surface area contributed by atoms with Crippen LogP contribution in [-0.4, -0.2) is 43.2 Å². The van der Waals surface area contributed by atoms with Crippen LogP contribution in [0.25, 0.3) is 11.0 Å². The summed E-state index contributed by atoms with van der Waals surface area (Å²) in [6.07, 6.45) is 3.49. The van der Waals surface area contributed by atoms with E-state index in [0.29, 0.717) is 22.7 Å². The molecule has 1 aromatic carbocycles. The number of pyridine rings is 2. The van der Waals surface area contributed by atoms with Gasteiger partial charge in [-0.25, -0.2) is 9.97 Å². The fourth-order valence-electron chi connectivity index (χ4n) is 3.91. The van der Waals surface area contributed by atoms with Crippen molar-refractivity contribution in [2.45, 2.75) is 0 Å². The van der Waals surface area contributed by atoms with Gasteiger partial charge in [0.15, 0.2) is 16.8 Å². The van der Waals surface area contributed by atoms with Crippen LogP contribution >= 0.6 is 0 Å². The zero-order valence-corrected chi connectivity index (χ0v) is 17.3. The van der Waals surface area contributed by atoms with Crippen molar-refractivity contribution in [3.63, 3.8) is 0 Å². The largest absolute Gasteiger partial charge is 0.436 e. The quantitative estimate of drug-likeness (QED) is 0.506. The molecule has 0 N–H and O–H groups in total. The van der Waals surface area contributed by atoms with E-state index in [9.17, 15) is 4.79 Å². The van der Waals surface area contributed by atoms with Crippen LogP contribution in [0.1, 0.15) is 0 Å². The zero-order chi connectivity index (χ0) is 21.2. The molecule has 7 nitrogen and oxygen atoms in total. The minimum atomic E-state index is -0.0743. The summed E-state index contributed by atoms with van der Waals surface area (Å²) < 4.78 is 6.25. The summed E-state index contributed by atoms with van der Waals surface area (Å²) in [5.41, 5.74) is 1.40. The van der Waals surface area contributed by atoms with Crippen molar-refractivity contribution in [1.29, 1.82) is 0 Å². The molecule has 0 aliphatic carbocycles. The number of rotatable bonds is 4. The fourth-order valence-corrected chi connectivity index (χ4v) is 3.91. The zero-order valence-electron chi connectivity index (χ0n) is 17.3. The Kier molecular flexibility index (Phi) is 5.00. The molecule has 7 heteroatoms. The minimum absolute atomic E-state index is 0.0743. The molecule has 4 heterocycles. The van der Waals surface area contributed by atoms with Crippen LogP contribution in [0.15, 0.2) is 82.3 Å². The Hall–Kier alpha value is -3.87. The van der Waals surface area contributed by atoms with E-state index in [4.69, 9.17) is 4.42 Å². The number of para-hydroxylation sites is 1. The van der Waals surface area contributed by atoms with Crippen molar-refractivity contribution in [3.05, 3.63) is 83.3 Å². The van der Waals surface area contributed by atoms with Crippen LogP contribution in [0.2, 0.25) is 0 Å². The van der Waals surface area contributed by atoms with Gasteiger partial charge >= 0.3 is 0 Å². The summed E-state index contributed by atoms with van der Waals surface area (Å²) in [5.74, 6) is 2.18. The van der Waals surface area contributed by atoms with Gasteiger partial charge in [0.05, 0.1) is 5.39 Å². The van der Waals surface area contributed by atoms with Gasteiger partial charge in [0.25, 0.3) is 0 Å². The molecule has 5 rings (SSSR count). The Morgan fingerprint density at radius 1 is 0.871 bits per heavy atom. The molecule has 1 aliphatic rings. The highest BCUT2D eigenvalue weighted by Gasteiger charge is 2.23. The maximum atomic E-state index is 12.9. The Morgan fingerprint density at radius 3 is 2.35 bits per heavy atom. The first-order valence-electron chi connectivity index (χ1n) is 10.3. The van der Waals surface area contributed by atoms with Crippen LogP contribution in [0.4, 0.5) is 23.2 Å². The third-order valence-corrected chi connectivity index (χ3v) is 5.64. The molecule has 1 aliphatic heterocycles. The molecule has 4 aromatic rings. The van der Waals surface area contributed by atoms with E-state index >= 15 is 0 Å². The minimum Gasteiger partial charge on any atom is -0.436 e. The van der Waals surface area contributed by atoms with Gasteiger partial charge in [-0.2, -0.15) is 0 Å². The monoisotopic (exact) mass is 413 g/mol. The Labute approximate surface area is 180 Å². The van der Waals surface area contributed by atoms with Gasteiger partial charge in [0, 0.05) is 57.4 Å². The third kappa shape index (κ3) is 3.70. The second-order valence-corrected chi connectivity index (χ2v) is 7.52. The van der Waals surface area contributed by atoms with Crippen LogP contribution in [0.5, 0.6) is 0 Å². The number of fused-ring (bicyclic) bond motifs is 1. The van der Waals surface area contributed by atoms with Crippen molar-refractivity contribution in [2.75, 3.05) is 47.9 Å². The second-order valence-electron chi connectivity index (χ2n) is 7.52. The van der Waals surface area contributed by atoms with Crippen molar-refractivity contribution in [2.24, 2.45) is 0 Å². The molecule has 0 saturated carbocycles. The molecule has 31 heavy (non-hydrogen) atoms. The SMILES string of the molecule is CN(c1ccccc1)c1cc(=O)c2ccnc(N3CCN(c4ccccn4)CC3)c2o1. The van der Waals surface area contributed by atoms with Crippen LogP contribution in [0.3, 0.4) is 0 Å². The smallest absolute Gasteiger partial charge is 0.204 e. The molecule has 0 amide bonds. The summed E-state index contributed by atoms with van der Waals surface area (Å²) >= 11 is 0. The average Bonchev–Trinajstić information content (AvgIpc) is 2.84. The van der Waals surface area contributed by atoms with E-state index in [-0.39, 0.29) is 5.43 Å². The van der Waals surface area contributed by atoms with Gasteiger partial charge in [-0.05, 0) is 30.3 Å². The van der Waals surface area contributed by atoms with Crippen molar-refractivity contribution in [3.8, 4) is 0 Å². The van der Waals surface area contributed by atoms with Crippen molar-refractivity contribution >= 4 is 34.2 Å². The normalized spacial score (nSPS) is 14.1. The second kappa shape index (κ2) is 8.10. The molecule has 0 atom stereocenters. The van der Waals surface area contributed by atoms with E-state index in [1.165, 1.54) is 6.07 Å². The first-order valence-corrected chi connectivity index (χ1v) is 10.3. The Bertz CT molecular complexity index is 1240. The first-order chi connectivity index (χ1) is 15.2. The number of benzene rings is 1. The van der Waals surface area contributed by atoms with Gasteiger partial charge in [-0.15, -0.1) is 0 Å². The first kappa shape index (κ1) is 19.1. The summed E-state index contributed by atoms with van der Waals surface area (Å²) in [4.78, 5) is 28.2. The summed E-state index contributed by atoms with van der Waals surface area (Å²) in [6.45, 7) is 3.18. The molecule has 0 spiro atoms. The van der Waals surface area contributed by atoms with E-state index in [1.807, 2.05) is 66.7 Å². The maximum Gasteiger partial charge on any atom is 0.204 e. The number of nitrogens with zero attached hydrogens (tertiary/aromatic N) is 5. The lowest BCUT2D eigenvalue weighted by molar-refractivity contribution is 0.591. The Morgan fingerprint density at radius 2 is 1.61 bits per heavy atom. The Balaban J connectivity index is 1.47. The summed E-state index contributed by atoms with van der Waals surface area (Å²) in [5, 5.41) is 0.544. The highest BCUT2D eigenvalue weighted by atomic mass is 16.4. The van der Waals surface area contributed by atoms with Crippen LogP contribution in [-0.2, 0) is 0 Å². The molecular formula is C24H23N5O2. The van der Waals surface area contributed by atoms with Gasteiger partial charge < -0.3 is 19.1 Å². The predicted molar refractivity (Wildman–Crippen MR) is 123 cm³/mol. The number of anilines is 4.